The van der Waals surface area contributed by atoms with Gasteiger partial charge in [0.1, 0.15) is 5.75 Å². The molecule has 96 valence electrons. The Kier molecular flexibility index (Phi) is 3.08. The first-order valence-electron chi connectivity index (χ1n) is 6.53. The van der Waals surface area contributed by atoms with Gasteiger partial charge in [-0.25, -0.2) is 0 Å². The lowest BCUT2D eigenvalue weighted by molar-refractivity contribution is 0.0936. The summed E-state index contributed by atoms with van der Waals surface area (Å²) in [5.41, 5.74) is 3.24. The van der Waals surface area contributed by atoms with Gasteiger partial charge in [0.2, 0.25) is 0 Å². The number of fused-ring (bicyclic) bond motifs is 1. The summed E-state index contributed by atoms with van der Waals surface area (Å²) in [6, 6.07) is 15.9. The monoisotopic (exact) mass is 252 g/mol. The Hall–Kier alpha value is -2.09. The van der Waals surface area contributed by atoms with Gasteiger partial charge in [0, 0.05) is 11.5 Å². The number of benzene rings is 2. The van der Waals surface area contributed by atoms with E-state index in [1.165, 1.54) is 5.56 Å². The van der Waals surface area contributed by atoms with Crippen molar-refractivity contribution in [1.82, 2.24) is 0 Å². The maximum absolute atomic E-state index is 12.3. The molecule has 0 saturated heterocycles. The van der Waals surface area contributed by atoms with Gasteiger partial charge in [-0.15, -0.1) is 0 Å². The fourth-order valence-electron chi connectivity index (χ4n) is 2.77. The maximum Gasteiger partial charge on any atom is 0.166 e. The van der Waals surface area contributed by atoms with Gasteiger partial charge in [0.25, 0.3) is 0 Å². The lowest BCUT2D eigenvalue weighted by Crippen LogP contribution is -2.12. The SMILES string of the molecule is COc1cccc(CC2Cc3ccccc3C2=O)c1. The predicted octanol–water partition coefficient (Wildman–Crippen LogP) is 3.29. The average Bonchev–Trinajstić information content (AvgIpc) is 2.76. The van der Waals surface area contributed by atoms with Crippen LogP contribution in [0.3, 0.4) is 0 Å². The molecule has 0 N–H and O–H groups in total. The molecule has 3 rings (SSSR count). The number of Topliss-reactive ketones (excluding diaryl/α,β-unsaturated/α-hetero) is 1. The van der Waals surface area contributed by atoms with Crippen molar-refractivity contribution in [3.63, 3.8) is 0 Å². The first-order valence-corrected chi connectivity index (χ1v) is 6.53. The number of ether oxygens (including phenoxy) is 1. The molecular formula is C17H16O2. The third-order valence-corrected chi connectivity index (χ3v) is 3.74. The summed E-state index contributed by atoms with van der Waals surface area (Å²) < 4.78 is 5.22. The van der Waals surface area contributed by atoms with Crippen molar-refractivity contribution in [3.05, 3.63) is 65.2 Å². The minimum Gasteiger partial charge on any atom is -0.497 e. The van der Waals surface area contributed by atoms with E-state index in [0.717, 1.165) is 29.7 Å². The quantitative estimate of drug-likeness (QED) is 0.837. The van der Waals surface area contributed by atoms with Gasteiger partial charge in [0.05, 0.1) is 7.11 Å². The summed E-state index contributed by atoms with van der Waals surface area (Å²) in [5.74, 6) is 1.20. The summed E-state index contributed by atoms with van der Waals surface area (Å²) >= 11 is 0. The van der Waals surface area contributed by atoms with E-state index in [4.69, 9.17) is 4.74 Å². The number of hydrogen-bond donors (Lipinski definition) is 0. The highest BCUT2D eigenvalue weighted by Gasteiger charge is 2.29. The van der Waals surface area contributed by atoms with E-state index in [9.17, 15) is 4.79 Å². The van der Waals surface area contributed by atoms with Gasteiger partial charge >= 0.3 is 0 Å². The average molecular weight is 252 g/mol. The highest BCUT2D eigenvalue weighted by molar-refractivity contribution is 6.02. The normalized spacial score (nSPS) is 17.3. The van der Waals surface area contributed by atoms with E-state index in [0.29, 0.717) is 0 Å². The Morgan fingerprint density at radius 3 is 2.79 bits per heavy atom. The Morgan fingerprint density at radius 1 is 1.16 bits per heavy atom. The fourth-order valence-corrected chi connectivity index (χ4v) is 2.77. The summed E-state index contributed by atoms with van der Waals surface area (Å²) in [7, 11) is 1.66. The van der Waals surface area contributed by atoms with Crippen LogP contribution < -0.4 is 4.74 Å². The van der Waals surface area contributed by atoms with Crippen LogP contribution in [-0.4, -0.2) is 12.9 Å². The molecule has 1 unspecified atom stereocenters. The van der Waals surface area contributed by atoms with Crippen molar-refractivity contribution in [1.29, 1.82) is 0 Å². The van der Waals surface area contributed by atoms with E-state index in [1.54, 1.807) is 7.11 Å². The predicted molar refractivity (Wildman–Crippen MR) is 74.7 cm³/mol. The molecule has 1 aliphatic rings. The van der Waals surface area contributed by atoms with Crippen LogP contribution in [0, 0.1) is 5.92 Å². The minimum atomic E-state index is 0.0736. The largest absolute Gasteiger partial charge is 0.497 e. The second-order valence-corrected chi connectivity index (χ2v) is 4.98. The molecule has 0 fully saturated rings. The third kappa shape index (κ3) is 2.26. The highest BCUT2D eigenvalue weighted by atomic mass is 16.5. The molecule has 0 radical (unpaired) electrons. The summed E-state index contributed by atoms with van der Waals surface area (Å²) in [6.45, 7) is 0. The molecule has 0 spiro atoms. The molecule has 2 heteroatoms. The zero-order chi connectivity index (χ0) is 13.2. The van der Waals surface area contributed by atoms with Gasteiger partial charge in [0.15, 0.2) is 5.78 Å². The van der Waals surface area contributed by atoms with Crippen molar-refractivity contribution in [2.75, 3.05) is 7.11 Å². The molecule has 0 bridgehead atoms. The minimum absolute atomic E-state index is 0.0736. The standard InChI is InChI=1S/C17H16O2/c1-19-15-7-4-5-12(10-15)9-14-11-13-6-2-3-8-16(13)17(14)18/h2-8,10,14H,9,11H2,1H3. The van der Waals surface area contributed by atoms with Crippen molar-refractivity contribution in [2.45, 2.75) is 12.8 Å². The molecule has 2 aromatic rings. The Labute approximate surface area is 113 Å². The molecule has 0 heterocycles. The van der Waals surface area contributed by atoms with Crippen LogP contribution in [0.15, 0.2) is 48.5 Å². The van der Waals surface area contributed by atoms with Crippen molar-refractivity contribution in [2.24, 2.45) is 5.92 Å². The Bertz CT molecular complexity index is 616. The molecular weight excluding hydrogens is 236 g/mol. The van der Waals surface area contributed by atoms with Crippen LogP contribution in [0.2, 0.25) is 0 Å². The van der Waals surface area contributed by atoms with Crippen LogP contribution in [0.1, 0.15) is 21.5 Å². The molecule has 19 heavy (non-hydrogen) atoms. The molecule has 0 aromatic heterocycles. The van der Waals surface area contributed by atoms with Crippen LogP contribution in [0.25, 0.3) is 0 Å². The highest BCUT2D eigenvalue weighted by Crippen LogP contribution is 2.29. The smallest absolute Gasteiger partial charge is 0.166 e. The molecule has 1 atom stereocenters. The van der Waals surface area contributed by atoms with Crippen molar-refractivity contribution < 1.29 is 9.53 Å². The van der Waals surface area contributed by atoms with Crippen molar-refractivity contribution >= 4 is 5.78 Å². The number of hydrogen-bond acceptors (Lipinski definition) is 2. The van der Waals surface area contributed by atoms with Gasteiger partial charge in [-0.05, 0) is 36.1 Å². The van der Waals surface area contributed by atoms with Crippen LogP contribution >= 0.6 is 0 Å². The third-order valence-electron chi connectivity index (χ3n) is 3.74. The molecule has 1 aliphatic carbocycles. The Balaban J connectivity index is 1.81. The number of ketones is 1. The zero-order valence-corrected chi connectivity index (χ0v) is 10.9. The van der Waals surface area contributed by atoms with E-state index in [1.807, 2.05) is 36.4 Å². The topological polar surface area (TPSA) is 26.3 Å². The summed E-state index contributed by atoms with van der Waals surface area (Å²) in [4.78, 5) is 12.3. The van der Waals surface area contributed by atoms with Gasteiger partial charge in [-0.1, -0.05) is 36.4 Å². The van der Waals surface area contributed by atoms with E-state index in [-0.39, 0.29) is 11.7 Å². The molecule has 2 aromatic carbocycles. The number of carbonyl (C=O) groups is 1. The van der Waals surface area contributed by atoms with E-state index in [2.05, 4.69) is 12.1 Å². The lowest BCUT2D eigenvalue weighted by Gasteiger charge is -2.09. The van der Waals surface area contributed by atoms with Crippen molar-refractivity contribution in [3.8, 4) is 5.75 Å². The number of rotatable bonds is 3. The Morgan fingerprint density at radius 2 is 2.00 bits per heavy atom. The molecule has 0 amide bonds. The second kappa shape index (κ2) is 4.88. The van der Waals surface area contributed by atoms with Crippen LogP contribution in [0.4, 0.5) is 0 Å². The molecule has 0 saturated carbocycles. The first-order chi connectivity index (χ1) is 9.28. The first kappa shape index (κ1) is 12.0. The fraction of sp³-hybridized carbons (Fsp3) is 0.235. The second-order valence-electron chi connectivity index (χ2n) is 4.98. The number of carbonyl (C=O) groups excluding carboxylic acids is 1. The van der Waals surface area contributed by atoms with Gasteiger partial charge < -0.3 is 4.74 Å². The van der Waals surface area contributed by atoms with E-state index < -0.39 is 0 Å². The van der Waals surface area contributed by atoms with Crippen LogP contribution in [-0.2, 0) is 12.8 Å². The van der Waals surface area contributed by atoms with Gasteiger partial charge in [-0.2, -0.15) is 0 Å². The van der Waals surface area contributed by atoms with E-state index >= 15 is 0 Å². The van der Waals surface area contributed by atoms with Gasteiger partial charge in [-0.3, -0.25) is 4.79 Å². The zero-order valence-electron chi connectivity index (χ0n) is 10.9. The maximum atomic E-state index is 12.3. The number of methoxy groups -OCH3 is 1. The summed E-state index contributed by atoms with van der Waals surface area (Å²) in [6.07, 6.45) is 1.64. The summed E-state index contributed by atoms with van der Waals surface area (Å²) in [5, 5.41) is 0. The molecule has 2 nitrogen and oxygen atoms in total. The lowest BCUT2D eigenvalue weighted by atomic mass is 9.96. The molecule has 0 aliphatic heterocycles. The van der Waals surface area contributed by atoms with Crippen LogP contribution in [0.5, 0.6) is 5.75 Å².